The van der Waals surface area contributed by atoms with Gasteiger partial charge in [0.15, 0.2) is 0 Å². The third-order valence-electron chi connectivity index (χ3n) is 4.95. The second-order valence-corrected chi connectivity index (χ2v) is 9.52. The molecular formula is C19H25FN6O3S. The van der Waals surface area contributed by atoms with E-state index in [0.29, 0.717) is 29.6 Å². The highest BCUT2D eigenvalue weighted by Crippen LogP contribution is 2.32. The number of benzene rings is 1. The first-order valence-corrected chi connectivity index (χ1v) is 10.8. The topological polar surface area (TPSA) is 98.7 Å². The molecule has 0 spiro atoms. The second kappa shape index (κ2) is 8.62. The summed E-state index contributed by atoms with van der Waals surface area (Å²) in [5.74, 6) is 0.242. The van der Waals surface area contributed by atoms with Gasteiger partial charge in [0, 0.05) is 58.8 Å². The molecule has 3 rings (SSSR count). The Hall–Kier alpha value is -2.63. The van der Waals surface area contributed by atoms with E-state index in [9.17, 15) is 17.6 Å². The van der Waals surface area contributed by atoms with Crippen LogP contribution in [0.25, 0.3) is 0 Å². The first-order chi connectivity index (χ1) is 14.1. The van der Waals surface area contributed by atoms with Crippen LogP contribution in [-0.4, -0.2) is 67.6 Å². The van der Waals surface area contributed by atoms with E-state index < -0.39 is 10.2 Å². The van der Waals surface area contributed by atoms with Crippen LogP contribution in [0.5, 0.6) is 0 Å². The van der Waals surface area contributed by atoms with Crippen molar-refractivity contribution in [3.63, 3.8) is 0 Å². The normalized spacial score (nSPS) is 17.2. The summed E-state index contributed by atoms with van der Waals surface area (Å²) in [5, 5.41) is 2.96. The smallest absolute Gasteiger partial charge is 0.281 e. The van der Waals surface area contributed by atoms with Crippen LogP contribution in [0.2, 0.25) is 0 Å². The monoisotopic (exact) mass is 436 g/mol. The van der Waals surface area contributed by atoms with E-state index in [2.05, 4.69) is 15.3 Å². The SMILES string of the molecule is CNc1cc(C2CC(=O)N(c3ccc(F)cc3)C2)nc(CN(C)S(=O)(=O)N(C)C)n1. The number of hydrogen-bond donors (Lipinski definition) is 1. The lowest BCUT2D eigenvalue weighted by molar-refractivity contribution is -0.117. The van der Waals surface area contributed by atoms with Gasteiger partial charge >= 0.3 is 0 Å². The van der Waals surface area contributed by atoms with Crippen molar-refractivity contribution in [1.29, 1.82) is 0 Å². The molecule has 0 bridgehead atoms. The molecule has 11 heteroatoms. The van der Waals surface area contributed by atoms with Gasteiger partial charge in [-0.3, -0.25) is 4.79 Å². The number of amides is 1. The second-order valence-electron chi connectivity index (χ2n) is 7.27. The Labute approximate surface area is 175 Å². The Morgan fingerprint density at radius 1 is 1.20 bits per heavy atom. The molecule has 30 heavy (non-hydrogen) atoms. The maximum absolute atomic E-state index is 13.2. The minimum Gasteiger partial charge on any atom is -0.373 e. The van der Waals surface area contributed by atoms with E-state index >= 15 is 0 Å². The summed E-state index contributed by atoms with van der Waals surface area (Å²) >= 11 is 0. The zero-order valence-corrected chi connectivity index (χ0v) is 18.1. The van der Waals surface area contributed by atoms with Gasteiger partial charge in [-0.1, -0.05) is 0 Å². The summed E-state index contributed by atoms with van der Waals surface area (Å²) in [4.78, 5) is 23.0. The van der Waals surface area contributed by atoms with Gasteiger partial charge < -0.3 is 10.2 Å². The quantitative estimate of drug-likeness (QED) is 0.705. The van der Waals surface area contributed by atoms with E-state index in [1.165, 1.54) is 33.3 Å². The van der Waals surface area contributed by atoms with Crippen LogP contribution >= 0.6 is 0 Å². The van der Waals surface area contributed by atoms with Crippen LogP contribution in [0.3, 0.4) is 0 Å². The molecule has 0 saturated carbocycles. The molecule has 1 unspecified atom stereocenters. The number of nitrogens with one attached hydrogen (secondary N) is 1. The zero-order chi connectivity index (χ0) is 22.1. The lowest BCUT2D eigenvalue weighted by Crippen LogP contribution is -2.37. The average molecular weight is 437 g/mol. The van der Waals surface area contributed by atoms with Gasteiger partial charge in [0.05, 0.1) is 12.2 Å². The van der Waals surface area contributed by atoms with E-state index in [1.54, 1.807) is 30.1 Å². The van der Waals surface area contributed by atoms with E-state index in [-0.39, 0.29) is 30.6 Å². The van der Waals surface area contributed by atoms with Crippen LogP contribution in [0, 0.1) is 5.82 Å². The van der Waals surface area contributed by atoms with Crippen molar-refractivity contribution in [1.82, 2.24) is 18.6 Å². The van der Waals surface area contributed by atoms with Gasteiger partial charge in [-0.25, -0.2) is 14.4 Å². The fourth-order valence-electron chi connectivity index (χ4n) is 3.26. The summed E-state index contributed by atoms with van der Waals surface area (Å²) in [7, 11) is 2.47. The van der Waals surface area contributed by atoms with Crippen molar-refractivity contribution in [2.75, 3.05) is 45.0 Å². The van der Waals surface area contributed by atoms with Crippen LogP contribution in [-0.2, 0) is 21.5 Å². The molecule has 1 amide bonds. The molecule has 1 aromatic carbocycles. The first kappa shape index (κ1) is 22.1. The van der Waals surface area contributed by atoms with Crippen molar-refractivity contribution < 1.29 is 17.6 Å². The lowest BCUT2D eigenvalue weighted by Gasteiger charge is -2.21. The molecule has 1 aliphatic heterocycles. The molecule has 1 aromatic heterocycles. The predicted octanol–water partition coefficient (Wildman–Crippen LogP) is 1.42. The number of carbonyl (C=O) groups is 1. The van der Waals surface area contributed by atoms with Crippen molar-refractivity contribution in [3.8, 4) is 0 Å². The van der Waals surface area contributed by atoms with Gasteiger partial charge in [-0.05, 0) is 24.3 Å². The highest BCUT2D eigenvalue weighted by molar-refractivity contribution is 7.86. The zero-order valence-electron chi connectivity index (χ0n) is 17.3. The average Bonchev–Trinajstić information content (AvgIpc) is 3.09. The fraction of sp³-hybridized carbons (Fsp3) is 0.421. The Kier molecular flexibility index (Phi) is 6.34. The summed E-state index contributed by atoms with van der Waals surface area (Å²) in [6.07, 6.45) is 0.253. The molecule has 1 saturated heterocycles. The largest absolute Gasteiger partial charge is 0.373 e. The number of halogens is 1. The number of carbonyl (C=O) groups excluding carboxylic acids is 1. The van der Waals surface area contributed by atoms with Crippen LogP contribution in [0.4, 0.5) is 15.9 Å². The Morgan fingerprint density at radius 3 is 2.47 bits per heavy atom. The van der Waals surface area contributed by atoms with Gasteiger partial charge in [0.25, 0.3) is 10.2 Å². The molecule has 2 aromatic rings. The third-order valence-corrected chi connectivity index (χ3v) is 6.79. The first-order valence-electron chi connectivity index (χ1n) is 9.37. The van der Waals surface area contributed by atoms with Crippen molar-refractivity contribution in [3.05, 3.63) is 47.7 Å². The summed E-state index contributed by atoms with van der Waals surface area (Å²) in [6, 6.07) is 7.54. The summed E-state index contributed by atoms with van der Waals surface area (Å²) < 4.78 is 40.1. The van der Waals surface area contributed by atoms with Gasteiger partial charge in [-0.2, -0.15) is 17.0 Å². The van der Waals surface area contributed by atoms with Crippen LogP contribution < -0.4 is 10.2 Å². The molecule has 0 aliphatic carbocycles. The Morgan fingerprint density at radius 2 is 1.87 bits per heavy atom. The third kappa shape index (κ3) is 4.58. The number of rotatable bonds is 7. The number of aromatic nitrogens is 2. The number of anilines is 2. The van der Waals surface area contributed by atoms with Crippen molar-refractivity contribution in [2.24, 2.45) is 0 Å². The highest BCUT2D eigenvalue weighted by atomic mass is 32.2. The Bertz CT molecular complexity index is 1030. The van der Waals surface area contributed by atoms with Crippen molar-refractivity contribution >= 4 is 27.6 Å². The molecule has 1 atom stereocenters. The fourth-order valence-corrected chi connectivity index (χ4v) is 4.10. The standard InChI is InChI=1S/C19H25FN6O3S/c1-21-17-10-16(22-18(23-17)12-25(4)30(28,29)24(2)3)13-9-19(27)26(11-13)15-7-5-14(20)6-8-15/h5-8,10,13H,9,11-12H2,1-4H3,(H,21,22,23). The molecule has 0 radical (unpaired) electrons. The molecule has 162 valence electrons. The summed E-state index contributed by atoms with van der Waals surface area (Å²) in [5.41, 5.74) is 1.28. The molecule has 1 N–H and O–H groups in total. The van der Waals surface area contributed by atoms with Gasteiger partial charge in [0.2, 0.25) is 5.91 Å². The number of hydrogen-bond acceptors (Lipinski definition) is 6. The predicted molar refractivity (Wildman–Crippen MR) is 112 cm³/mol. The maximum Gasteiger partial charge on any atom is 0.281 e. The molecular weight excluding hydrogens is 411 g/mol. The lowest BCUT2D eigenvalue weighted by atomic mass is 10.0. The number of nitrogens with zero attached hydrogens (tertiary/aromatic N) is 5. The molecule has 2 heterocycles. The van der Waals surface area contributed by atoms with Gasteiger partial charge in [0.1, 0.15) is 17.5 Å². The molecule has 9 nitrogen and oxygen atoms in total. The highest BCUT2D eigenvalue weighted by Gasteiger charge is 2.33. The van der Waals surface area contributed by atoms with Crippen LogP contribution in [0.1, 0.15) is 23.9 Å². The molecule has 1 aliphatic rings. The van der Waals surface area contributed by atoms with Crippen LogP contribution in [0.15, 0.2) is 30.3 Å². The minimum atomic E-state index is -3.61. The van der Waals surface area contributed by atoms with Crippen molar-refractivity contribution in [2.45, 2.75) is 18.9 Å². The minimum absolute atomic E-state index is 0.00856. The van der Waals surface area contributed by atoms with E-state index in [4.69, 9.17) is 0 Å². The van der Waals surface area contributed by atoms with E-state index in [0.717, 1.165) is 8.61 Å². The van der Waals surface area contributed by atoms with E-state index in [1.807, 2.05) is 0 Å². The summed E-state index contributed by atoms with van der Waals surface area (Å²) in [6.45, 7) is 0.390. The van der Waals surface area contributed by atoms with Gasteiger partial charge in [-0.15, -0.1) is 0 Å². The maximum atomic E-state index is 13.2. The molecule has 1 fully saturated rings. The Balaban J connectivity index is 1.85.